The standard InChI is InChI=1S/C12H19ClN2OS/c13-12-2-1-11(17-12)10(7-14)15-5-3-9(8-16)4-6-15/h1-2,9-10,16H,3-8,14H2. The molecule has 1 saturated heterocycles. The first-order valence-corrected chi connectivity index (χ1v) is 7.24. The van der Waals surface area contributed by atoms with Crippen molar-refractivity contribution < 1.29 is 5.11 Å². The fourth-order valence-electron chi connectivity index (χ4n) is 2.40. The normalized spacial score (nSPS) is 20.6. The van der Waals surface area contributed by atoms with Gasteiger partial charge in [-0.3, -0.25) is 4.90 Å². The zero-order valence-electron chi connectivity index (χ0n) is 9.81. The number of thiophene rings is 1. The minimum Gasteiger partial charge on any atom is -0.396 e. The van der Waals surface area contributed by atoms with Crippen LogP contribution in [0.25, 0.3) is 0 Å². The van der Waals surface area contributed by atoms with Crippen molar-refractivity contribution in [1.82, 2.24) is 4.90 Å². The second kappa shape index (κ2) is 6.16. The summed E-state index contributed by atoms with van der Waals surface area (Å²) in [6.07, 6.45) is 2.12. The highest BCUT2D eigenvalue weighted by molar-refractivity contribution is 7.16. The van der Waals surface area contributed by atoms with Crippen molar-refractivity contribution in [3.8, 4) is 0 Å². The van der Waals surface area contributed by atoms with Gasteiger partial charge in [0.25, 0.3) is 0 Å². The molecule has 96 valence electrons. The molecule has 0 radical (unpaired) electrons. The molecule has 17 heavy (non-hydrogen) atoms. The van der Waals surface area contributed by atoms with Gasteiger partial charge < -0.3 is 10.8 Å². The van der Waals surface area contributed by atoms with Gasteiger partial charge in [-0.15, -0.1) is 11.3 Å². The fourth-order valence-corrected chi connectivity index (χ4v) is 3.61. The minimum absolute atomic E-state index is 0.284. The molecule has 1 aromatic rings. The lowest BCUT2D eigenvalue weighted by molar-refractivity contribution is 0.104. The predicted molar refractivity (Wildman–Crippen MR) is 72.5 cm³/mol. The molecule has 1 unspecified atom stereocenters. The van der Waals surface area contributed by atoms with Gasteiger partial charge in [-0.05, 0) is 44.0 Å². The Morgan fingerprint density at radius 3 is 2.65 bits per heavy atom. The van der Waals surface area contributed by atoms with Gasteiger partial charge >= 0.3 is 0 Å². The molecule has 3 N–H and O–H groups in total. The van der Waals surface area contributed by atoms with E-state index in [2.05, 4.69) is 11.0 Å². The largest absolute Gasteiger partial charge is 0.396 e. The third-order valence-electron chi connectivity index (χ3n) is 3.49. The van der Waals surface area contributed by atoms with Crippen LogP contribution < -0.4 is 5.73 Å². The van der Waals surface area contributed by atoms with Crippen molar-refractivity contribution >= 4 is 22.9 Å². The van der Waals surface area contributed by atoms with Gasteiger partial charge in [0.1, 0.15) is 0 Å². The number of halogens is 1. The molecule has 1 fully saturated rings. The maximum atomic E-state index is 9.13. The highest BCUT2D eigenvalue weighted by Gasteiger charge is 2.25. The summed E-state index contributed by atoms with van der Waals surface area (Å²) in [7, 11) is 0. The van der Waals surface area contributed by atoms with Crippen LogP contribution >= 0.6 is 22.9 Å². The van der Waals surface area contributed by atoms with E-state index in [0.29, 0.717) is 19.1 Å². The summed E-state index contributed by atoms with van der Waals surface area (Å²) in [4.78, 5) is 3.66. The molecule has 1 aromatic heterocycles. The Morgan fingerprint density at radius 2 is 2.18 bits per heavy atom. The predicted octanol–water partition coefficient (Wildman–Crippen LogP) is 2.11. The first-order valence-electron chi connectivity index (χ1n) is 6.04. The van der Waals surface area contributed by atoms with E-state index in [1.165, 1.54) is 4.88 Å². The van der Waals surface area contributed by atoms with Gasteiger partial charge in [0.15, 0.2) is 0 Å². The average molecular weight is 275 g/mol. The minimum atomic E-state index is 0.284. The van der Waals surface area contributed by atoms with Crippen LogP contribution in [-0.4, -0.2) is 36.2 Å². The number of likely N-dealkylation sites (tertiary alicyclic amines) is 1. The van der Waals surface area contributed by atoms with Crippen molar-refractivity contribution in [2.75, 3.05) is 26.2 Å². The average Bonchev–Trinajstić information content (AvgIpc) is 2.78. The van der Waals surface area contributed by atoms with Crippen LogP contribution in [0.15, 0.2) is 12.1 Å². The number of hydrogen-bond donors (Lipinski definition) is 2. The topological polar surface area (TPSA) is 49.5 Å². The smallest absolute Gasteiger partial charge is 0.0931 e. The number of aliphatic hydroxyl groups excluding tert-OH is 1. The van der Waals surface area contributed by atoms with E-state index in [0.717, 1.165) is 30.3 Å². The number of hydrogen-bond acceptors (Lipinski definition) is 4. The Balaban J connectivity index is 2.00. The lowest BCUT2D eigenvalue weighted by atomic mass is 9.96. The van der Waals surface area contributed by atoms with Crippen LogP contribution in [0.2, 0.25) is 4.34 Å². The van der Waals surface area contributed by atoms with E-state index in [-0.39, 0.29) is 6.04 Å². The number of nitrogens with two attached hydrogens (primary N) is 1. The summed E-state index contributed by atoms with van der Waals surface area (Å²) in [6.45, 7) is 2.97. The molecule has 0 spiro atoms. The summed E-state index contributed by atoms with van der Waals surface area (Å²) in [5, 5.41) is 9.13. The lowest BCUT2D eigenvalue weighted by Crippen LogP contribution is -2.40. The Kier molecular flexibility index (Phi) is 4.82. The van der Waals surface area contributed by atoms with Crippen molar-refractivity contribution in [3.05, 3.63) is 21.3 Å². The maximum absolute atomic E-state index is 9.13. The highest BCUT2D eigenvalue weighted by atomic mass is 35.5. The van der Waals surface area contributed by atoms with Gasteiger partial charge in [-0.2, -0.15) is 0 Å². The molecule has 0 saturated carbocycles. The fraction of sp³-hybridized carbons (Fsp3) is 0.667. The van der Waals surface area contributed by atoms with Crippen LogP contribution in [0.3, 0.4) is 0 Å². The number of nitrogens with zero attached hydrogens (tertiary/aromatic N) is 1. The molecule has 0 amide bonds. The van der Waals surface area contributed by atoms with E-state index >= 15 is 0 Å². The molecule has 2 heterocycles. The van der Waals surface area contributed by atoms with E-state index < -0.39 is 0 Å². The highest BCUT2D eigenvalue weighted by Crippen LogP contribution is 2.32. The molecule has 1 aliphatic heterocycles. The second-order valence-electron chi connectivity index (χ2n) is 4.56. The molecule has 3 nitrogen and oxygen atoms in total. The first kappa shape index (κ1) is 13.3. The quantitative estimate of drug-likeness (QED) is 0.884. The zero-order chi connectivity index (χ0) is 12.3. The molecule has 0 aliphatic carbocycles. The van der Waals surface area contributed by atoms with Gasteiger partial charge in [-0.1, -0.05) is 11.6 Å². The Bertz CT molecular complexity index is 350. The molecule has 5 heteroatoms. The number of aliphatic hydroxyl groups is 1. The second-order valence-corrected chi connectivity index (χ2v) is 6.30. The van der Waals surface area contributed by atoms with E-state index in [9.17, 15) is 0 Å². The van der Waals surface area contributed by atoms with Gasteiger partial charge in [0, 0.05) is 18.0 Å². The Morgan fingerprint density at radius 1 is 1.47 bits per heavy atom. The first-order chi connectivity index (χ1) is 8.24. The Hall–Kier alpha value is -0.130. The lowest BCUT2D eigenvalue weighted by Gasteiger charge is -2.36. The van der Waals surface area contributed by atoms with Crippen LogP contribution in [0.1, 0.15) is 23.8 Å². The van der Waals surface area contributed by atoms with Crippen molar-refractivity contribution in [3.63, 3.8) is 0 Å². The van der Waals surface area contributed by atoms with Crippen LogP contribution in [0.5, 0.6) is 0 Å². The molecular formula is C12H19ClN2OS. The molecule has 2 rings (SSSR count). The molecule has 0 bridgehead atoms. The number of rotatable bonds is 4. The summed E-state index contributed by atoms with van der Waals surface area (Å²) in [5.74, 6) is 0.469. The number of piperidine rings is 1. The van der Waals surface area contributed by atoms with Crippen LogP contribution in [-0.2, 0) is 0 Å². The molecular weight excluding hydrogens is 256 g/mol. The van der Waals surface area contributed by atoms with E-state index in [1.54, 1.807) is 11.3 Å². The third kappa shape index (κ3) is 3.20. The molecule has 1 atom stereocenters. The third-order valence-corrected chi connectivity index (χ3v) is 4.83. The molecule has 1 aliphatic rings. The summed E-state index contributed by atoms with van der Waals surface area (Å²) in [6, 6.07) is 4.29. The SMILES string of the molecule is NCC(c1ccc(Cl)s1)N1CCC(CO)CC1. The van der Waals surface area contributed by atoms with E-state index in [4.69, 9.17) is 22.4 Å². The summed E-state index contributed by atoms with van der Waals surface area (Å²) in [5.41, 5.74) is 5.88. The summed E-state index contributed by atoms with van der Waals surface area (Å²) >= 11 is 7.59. The summed E-state index contributed by atoms with van der Waals surface area (Å²) < 4.78 is 0.823. The van der Waals surface area contributed by atoms with Crippen LogP contribution in [0.4, 0.5) is 0 Å². The maximum Gasteiger partial charge on any atom is 0.0931 e. The van der Waals surface area contributed by atoms with Crippen LogP contribution in [0, 0.1) is 5.92 Å². The van der Waals surface area contributed by atoms with E-state index in [1.807, 2.05) is 6.07 Å². The van der Waals surface area contributed by atoms with Gasteiger partial charge in [0.2, 0.25) is 0 Å². The van der Waals surface area contributed by atoms with Crippen molar-refractivity contribution in [2.24, 2.45) is 11.7 Å². The zero-order valence-corrected chi connectivity index (χ0v) is 11.4. The monoisotopic (exact) mass is 274 g/mol. The molecule has 0 aromatic carbocycles. The van der Waals surface area contributed by atoms with Gasteiger partial charge in [0.05, 0.1) is 10.4 Å². The van der Waals surface area contributed by atoms with Crippen molar-refractivity contribution in [1.29, 1.82) is 0 Å². The Labute approximate surface area is 111 Å². The van der Waals surface area contributed by atoms with Gasteiger partial charge in [-0.25, -0.2) is 0 Å². The van der Waals surface area contributed by atoms with Crippen molar-refractivity contribution in [2.45, 2.75) is 18.9 Å².